The molecule has 0 aliphatic rings. The minimum atomic E-state index is 0. The summed E-state index contributed by atoms with van der Waals surface area (Å²) in [4.78, 5) is 11.9. The normalized spacial score (nSPS) is 10.3. The van der Waals surface area contributed by atoms with Crippen LogP contribution < -0.4 is 29.4 Å². The zero-order valence-electron chi connectivity index (χ0n) is 73.8. The molecular weight excluding hydrogens is 1790 g/mol. The standard InChI is InChI=1S/6C17H19NS2.Mo/c6*1-11-5-7-15(13(3)9-11)18(17(19)20)16-8-6-12(2)10-14(16)4;/h6*5-10H,1-4H3,(H,19,20);/q;;;;;;+6/p-6. The smallest absolute Gasteiger partial charge is 0.411 e. The molecule has 12 rings (SSSR count). The van der Waals surface area contributed by atoms with Gasteiger partial charge in [0.25, 0.3) is 0 Å². The summed E-state index contributed by atoms with van der Waals surface area (Å²) in [7, 11) is 0. The Bertz CT molecular complexity index is 4580. The van der Waals surface area contributed by atoms with Crippen LogP contribution in [0, 0.1) is 166 Å². The van der Waals surface area contributed by atoms with E-state index >= 15 is 0 Å². The Kier molecular flexibility index (Phi) is 39.2. The number of hydrogen-bond donors (Lipinski definition) is 0. The maximum atomic E-state index is 5.31. The number of thiocarbonyl (C=S) groups is 6. The van der Waals surface area contributed by atoms with Crippen LogP contribution in [-0.2, 0) is 96.8 Å². The third-order valence-corrected chi connectivity index (χ3v) is 22.4. The van der Waals surface area contributed by atoms with E-state index in [1.54, 1.807) is 0 Å². The molecule has 12 aromatic rings. The van der Waals surface area contributed by atoms with Crippen molar-refractivity contribution in [3.8, 4) is 0 Å². The molecule has 19 heteroatoms. The summed E-state index contributed by atoms with van der Waals surface area (Å²) in [6.45, 7) is 50.1. The molecule has 6 nitrogen and oxygen atoms in total. The van der Waals surface area contributed by atoms with Crippen LogP contribution in [0.4, 0.5) is 68.2 Å². The van der Waals surface area contributed by atoms with Gasteiger partial charge in [0.2, 0.25) is 0 Å². The Balaban J connectivity index is 0.000000225. The molecule has 0 saturated heterocycles. The zero-order chi connectivity index (χ0) is 89.2. The second kappa shape index (κ2) is 46.6. The van der Waals surface area contributed by atoms with Crippen LogP contribution >= 0.6 is 73.3 Å². The summed E-state index contributed by atoms with van der Waals surface area (Å²) >= 11 is 63.7. The minimum Gasteiger partial charge on any atom is -0.411 e. The third-order valence-electron chi connectivity index (χ3n) is 20.2. The molecule has 624 valence electrons. The van der Waals surface area contributed by atoms with Crippen LogP contribution in [0.5, 0.6) is 0 Å². The Morgan fingerprint density at radius 1 is 0.149 bits per heavy atom. The average molecular weight is 1900 g/mol. The fraction of sp³-hybridized carbons (Fsp3) is 0.235. The molecule has 0 fully saturated rings. The first-order valence-corrected chi connectivity index (χ1v) is 44.2. The monoisotopic (exact) mass is 1900 g/mol. The van der Waals surface area contributed by atoms with E-state index in [2.05, 4.69) is 385 Å². The largest absolute Gasteiger partial charge is 6.00 e. The molecule has 121 heavy (non-hydrogen) atoms. The van der Waals surface area contributed by atoms with Gasteiger partial charge in [-0.3, -0.25) is 0 Å². The van der Waals surface area contributed by atoms with E-state index in [4.69, 9.17) is 149 Å². The first kappa shape index (κ1) is 102. The van der Waals surface area contributed by atoms with Gasteiger partial charge < -0.3 is 178 Å². The fourth-order valence-corrected chi connectivity index (χ4v) is 17.0. The third kappa shape index (κ3) is 28.0. The van der Waals surface area contributed by atoms with Gasteiger partial charge in [-0.15, -0.1) is 0 Å². The van der Waals surface area contributed by atoms with Crippen molar-refractivity contribution in [2.45, 2.75) is 166 Å². The van der Waals surface area contributed by atoms with Crippen molar-refractivity contribution in [2.24, 2.45) is 0 Å². The average Bonchev–Trinajstić information content (AvgIpc) is 0.829. The SMILES string of the molecule is Cc1ccc(N(C(=S)[S-])c2ccc(C)cc2C)c(C)c1.Cc1ccc(N(C(=S)[S-])c2ccc(C)cc2C)c(C)c1.Cc1ccc(N(C(=S)[S-])c2ccc(C)cc2C)c(C)c1.Cc1ccc(N(C(=S)[S-])c2ccc(C)cc2C)c(C)c1.Cc1ccc(N(C(=S)[S-])c2ccc(C)cc2C)c(C)c1.Cc1ccc(N(C(=S)[S-])c2ccc(C)cc2C)c(C)c1.[Mo+6]. The molecule has 0 radical (unpaired) electrons. The van der Waals surface area contributed by atoms with Gasteiger partial charge in [0, 0.05) is 68.2 Å². The van der Waals surface area contributed by atoms with Crippen LogP contribution in [0.15, 0.2) is 218 Å². The molecule has 0 N–H and O–H groups in total. The van der Waals surface area contributed by atoms with Crippen molar-refractivity contribution in [1.82, 2.24) is 0 Å². The van der Waals surface area contributed by atoms with Crippen LogP contribution in [0.3, 0.4) is 0 Å². The molecule has 0 aliphatic heterocycles. The quantitative estimate of drug-likeness (QED) is 0.0657. The number of aryl methyl sites for hydroxylation is 24. The van der Waals surface area contributed by atoms with Crippen LogP contribution in [-0.4, -0.2) is 25.9 Å². The van der Waals surface area contributed by atoms with E-state index in [0.717, 1.165) is 68.2 Å². The molecule has 0 bridgehead atoms. The maximum Gasteiger partial charge on any atom is 6.00 e. The van der Waals surface area contributed by atoms with Crippen molar-refractivity contribution >= 4 is 243 Å². The first-order valence-electron chi connectivity index (χ1n) is 39.3. The molecule has 0 aromatic heterocycles. The van der Waals surface area contributed by atoms with Gasteiger partial charge in [-0.25, -0.2) is 0 Å². The van der Waals surface area contributed by atoms with Crippen LogP contribution in [0.2, 0.25) is 0 Å². The molecule has 0 amide bonds. The number of benzene rings is 12. The van der Waals surface area contributed by atoms with Gasteiger partial charge in [0.05, 0.1) is 0 Å². The molecule has 0 aliphatic carbocycles. The summed E-state index contributed by atoms with van der Waals surface area (Å²) in [5.41, 5.74) is 41.7. The summed E-state index contributed by atoms with van der Waals surface area (Å²) < 4.78 is 2.69. The maximum absolute atomic E-state index is 5.31. The molecule has 0 unspecified atom stereocenters. The van der Waals surface area contributed by atoms with E-state index in [0.29, 0.717) is 25.9 Å². The number of hydrogen-bond acceptors (Lipinski definition) is 12. The van der Waals surface area contributed by atoms with Gasteiger partial charge in [-0.2, -0.15) is 0 Å². The van der Waals surface area contributed by atoms with E-state index in [1.807, 2.05) is 29.4 Å². The summed E-state index contributed by atoms with van der Waals surface area (Å²) in [5, 5.41) is 0. The molecule has 0 saturated carbocycles. The molecular formula is C102H108MoN6S12. The fourth-order valence-electron chi connectivity index (χ4n) is 14.6. The van der Waals surface area contributed by atoms with E-state index in [-0.39, 0.29) is 21.1 Å². The Labute approximate surface area is 803 Å². The zero-order valence-corrected chi connectivity index (χ0v) is 85.6. The minimum absolute atomic E-state index is 0. The van der Waals surface area contributed by atoms with Gasteiger partial charge in [-0.05, 0) is 306 Å². The van der Waals surface area contributed by atoms with E-state index < -0.39 is 0 Å². The van der Waals surface area contributed by atoms with Crippen molar-refractivity contribution in [1.29, 1.82) is 0 Å². The Hall–Kier alpha value is -8.01. The van der Waals surface area contributed by atoms with E-state index in [1.165, 1.54) is 134 Å². The van der Waals surface area contributed by atoms with Gasteiger partial charge in [-0.1, -0.05) is 238 Å². The first-order chi connectivity index (χ1) is 56.4. The second-order valence-electron chi connectivity index (χ2n) is 31.1. The van der Waals surface area contributed by atoms with Gasteiger partial charge >= 0.3 is 21.1 Å². The van der Waals surface area contributed by atoms with Crippen LogP contribution in [0.1, 0.15) is 134 Å². The van der Waals surface area contributed by atoms with Crippen molar-refractivity contribution in [2.75, 3.05) is 29.4 Å². The topological polar surface area (TPSA) is 19.4 Å². The van der Waals surface area contributed by atoms with Crippen LogP contribution in [0.25, 0.3) is 0 Å². The number of nitrogens with zero attached hydrogens (tertiary/aromatic N) is 6. The van der Waals surface area contributed by atoms with Gasteiger partial charge in [0.1, 0.15) is 0 Å². The van der Waals surface area contributed by atoms with Crippen molar-refractivity contribution < 1.29 is 21.1 Å². The summed E-state index contributed by atoms with van der Waals surface area (Å²) in [5.74, 6) is 0. The van der Waals surface area contributed by atoms with Crippen molar-refractivity contribution in [3.63, 3.8) is 0 Å². The molecule has 0 atom stereocenters. The molecule has 12 aromatic carbocycles. The Morgan fingerprint density at radius 2 is 0.215 bits per heavy atom. The number of anilines is 12. The summed E-state index contributed by atoms with van der Waals surface area (Å²) in [6.07, 6.45) is 0. The summed E-state index contributed by atoms with van der Waals surface area (Å²) in [6, 6.07) is 75.9. The predicted molar refractivity (Wildman–Crippen MR) is 564 cm³/mol. The van der Waals surface area contributed by atoms with Gasteiger partial charge in [0.15, 0.2) is 0 Å². The molecule has 0 spiro atoms. The predicted octanol–water partition coefficient (Wildman–Crippen LogP) is 29.3. The Morgan fingerprint density at radius 3 is 0.264 bits per heavy atom. The second-order valence-corrected chi connectivity index (χ2v) is 37.3. The number of rotatable bonds is 12. The molecule has 0 heterocycles. The van der Waals surface area contributed by atoms with Crippen molar-refractivity contribution in [3.05, 3.63) is 352 Å². The van der Waals surface area contributed by atoms with E-state index in [9.17, 15) is 0 Å².